The Hall–Kier alpha value is -0.780. The molecule has 0 heterocycles. The second-order valence-corrected chi connectivity index (χ2v) is 4.41. The van der Waals surface area contributed by atoms with Crippen LogP contribution in [0, 0.1) is 11.3 Å². The van der Waals surface area contributed by atoms with Crippen LogP contribution in [0.15, 0.2) is 37.5 Å². The summed E-state index contributed by atoms with van der Waals surface area (Å²) < 4.78 is 0. The third-order valence-corrected chi connectivity index (χ3v) is 3.41. The smallest absolute Gasteiger partial charge is 0.0149 e. The molecule has 0 N–H and O–H groups in total. The normalized spacial score (nSPS) is 33.8. The Balaban J connectivity index is 2.52. The molecule has 0 atom stereocenters. The third-order valence-electron chi connectivity index (χ3n) is 3.41. The van der Waals surface area contributed by atoms with Crippen molar-refractivity contribution in [1.29, 1.82) is 0 Å². The Bertz CT molecular complexity index is 214. The van der Waals surface area contributed by atoms with Gasteiger partial charge in [0.2, 0.25) is 0 Å². The monoisotopic (exact) mass is 176 g/mol. The molecule has 1 aliphatic rings. The van der Waals surface area contributed by atoms with Gasteiger partial charge in [-0.3, -0.25) is 0 Å². The van der Waals surface area contributed by atoms with Crippen LogP contribution in [-0.4, -0.2) is 0 Å². The molecule has 1 fully saturated rings. The van der Waals surface area contributed by atoms with Gasteiger partial charge in [0.1, 0.15) is 0 Å². The molecule has 0 bridgehead atoms. The molecule has 0 aromatic heterocycles. The van der Waals surface area contributed by atoms with Crippen molar-refractivity contribution in [2.24, 2.45) is 11.3 Å². The largest absolute Gasteiger partial charge is 0.103 e. The zero-order chi connectivity index (χ0) is 9.90. The van der Waals surface area contributed by atoms with Crippen LogP contribution in [0.4, 0.5) is 0 Å². The fourth-order valence-corrected chi connectivity index (χ4v) is 2.02. The van der Waals surface area contributed by atoms with Crippen LogP contribution < -0.4 is 0 Å². The number of rotatable bonds is 3. The maximum Gasteiger partial charge on any atom is -0.0149 e. The maximum absolute atomic E-state index is 4.03. The van der Waals surface area contributed by atoms with E-state index in [1.165, 1.54) is 31.3 Å². The standard InChI is InChI=1S/C13H20/c1-5-11(3)12-7-9-13(4,6-2)10-8-12/h5-6,12H,1-3,7-10H2,4H3. The molecule has 0 nitrogen and oxygen atoms in total. The van der Waals surface area contributed by atoms with Gasteiger partial charge >= 0.3 is 0 Å². The van der Waals surface area contributed by atoms with Crippen LogP contribution in [0.25, 0.3) is 0 Å². The average Bonchev–Trinajstić information content (AvgIpc) is 2.18. The Morgan fingerprint density at radius 2 is 1.85 bits per heavy atom. The van der Waals surface area contributed by atoms with Gasteiger partial charge in [-0.15, -0.1) is 6.58 Å². The molecule has 0 amide bonds. The van der Waals surface area contributed by atoms with Crippen molar-refractivity contribution >= 4 is 0 Å². The molecule has 0 aromatic rings. The zero-order valence-corrected chi connectivity index (χ0v) is 8.68. The van der Waals surface area contributed by atoms with Crippen LogP contribution in [0.3, 0.4) is 0 Å². The number of hydrogen-bond acceptors (Lipinski definition) is 0. The van der Waals surface area contributed by atoms with Crippen molar-refractivity contribution in [3.05, 3.63) is 37.5 Å². The highest BCUT2D eigenvalue weighted by molar-refractivity contribution is 5.16. The Morgan fingerprint density at radius 3 is 2.23 bits per heavy atom. The summed E-state index contributed by atoms with van der Waals surface area (Å²) in [5.74, 6) is 0.672. The van der Waals surface area contributed by atoms with E-state index in [2.05, 4.69) is 32.7 Å². The summed E-state index contributed by atoms with van der Waals surface area (Å²) in [6.45, 7) is 14.0. The van der Waals surface area contributed by atoms with Gasteiger partial charge in [0, 0.05) is 0 Å². The van der Waals surface area contributed by atoms with Crippen molar-refractivity contribution in [2.45, 2.75) is 32.6 Å². The fourth-order valence-electron chi connectivity index (χ4n) is 2.02. The summed E-state index contributed by atoms with van der Waals surface area (Å²) in [4.78, 5) is 0. The van der Waals surface area contributed by atoms with Gasteiger partial charge in [-0.1, -0.05) is 37.8 Å². The molecule has 72 valence electrons. The van der Waals surface area contributed by atoms with Gasteiger partial charge in [0.25, 0.3) is 0 Å². The maximum atomic E-state index is 4.03. The summed E-state index contributed by atoms with van der Waals surface area (Å²) in [5, 5.41) is 0. The molecule has 1 aliphatic carbocycles. The minimum absolute atomic E-state index is 0.373. The molecule has 13 heavy (non-hydrogen) atoms. The lowest BCUT2D eigenvalue weighted by atomic mass is 9.70. The van der Waals surface area contributed by atoms with E-state index in [4.69, 9.17) is 0 Å². The lowest BCUT2D eigenvalue weighted by molar-refractivity contribution is 0.245. The van der Waals surface area contributed by atoms with Gasteiger partial charge < -0.3 is 0 Å². The molecule has 1 rings (SSSR count). The van der Waals surface area contributed by atoms with E-state index in [9.17, 15) is 0 Å². The quantitative estimate of drug-likeness (QED) is 0.448. The molecule has 0 unspecified atom stereocenters. The van der Waals surface area contributed by atoms with Gasteiger partial charge in [0.05, 0.1) is 0 Å². The molecule has 0 saturated heterocycles. The first-order chi connectivity index (χ1) is 6.11. The van der Waals surface area contributed by atoms with Crippen LogP contribution >= 0.6 is 0 Å². The second kappa shape index (κ2) is 3.95. The highest BCUT2D eigenvalue weighted by atomic mass is 14.3. The number of hydrogen-bond donors (Lipinski definition) is 0. The Morgan fingerprint density at radius 1 is 1.31 bits per heavy atom. The minimum Gasteiger partial charge on any atom is -0.103 e. The van der Waals surface area contributed by atoms with Crippen molar-refractivity contribution < 1.29 is 0 Å². The number of allylic oxidation sites excluding steroid dienone is 3. The Labute approximate surface area is 82.0 Å². The van der Waals surface area contributed by atoms with Crippen LogP contribution in [-0.2, 0) is 0 Å². The molecule has 0 radical (unpaired) electrons. The van der Waals surface area contributed by atoms with E-state index in [0.29, 0.717) is 11.3 Å². The highest BCUT2D eigenvalue weighted by Gasteiger charge is 2.28. The van der Waals surface area contributed by atoms with E-state index in [0.717, 1.165) is 0 Å². The predicted octanol–water partition coefficient (Wildman–Crippen LogP) is 4.11. The average molecular weight is 176 g/mol. The summed E-state index contributed by atoms with van der Waals surface area (Å²) in [6, 6.07) is 0. The zero-order valence-electron chi connectivity index (χ0n) is 8.68. The minimum atomic E-state index is 0.373. The van der Waals surface area contributed by atoms with Crippen molar-refractivity contribution in [1.82, 2.24) is 0 Å². The van der Waals surface area contributed by atoms with E-state index in [1.807, 2.05) is 6.08 Å². The Kier molecular flexibility index (Phi) is 3.13. The molecule has 0 aromatic carbocycles. The molecular weight excluding hydrogens is 156 g/mol. The van der Waals surface area contributed by atoms with Crippen LogP contribution in [0.2, 0.25) is 0 Å². The molecule has 0 spiro atoms. The molecule has 0 heteroatoms. The topological polar surface area (TPSA) is 0 Å². The van der Waals surface area contributed by atoms with Crippen molar-refractivity contribution in [3.8, 4) is 0 Å². The van der Waals surface area contributed by atoms with Crippen molar-refractivity contribution in [2.75, 3.05) is 0 Å². The lowest BCUT2D eigenvalue weighted by Crippen LogP contribution is -2.22. The highest BCUT2D eigenvalue weighted by Crippen LogP contribution is 2.41. The van der Waals surface area contributed by atoms with Gasteiger partial charge in [-0.05, 0) is 37.0 Å². The first-order valence-corrected chi connectivity index (χ1v) is 5.06. The summed E-state index contributed by atoms with van der Waals surface area (Å²) in [5.41, 5.74) is 1.59. The van der Waals surface area contributed by atoms with E-state index in [-0.39, 0.29) is 0 Å². The van der Waals surface area contributed by atoms with Crippen LogP contribution in [0.1, 0.15) is 32.6 Å². The van der Waals surface area contributed by atoms with Gasteiger partial charge in [-0.2, -0.15) is 0 Å². The van der Waals surface area contributed by atoms with Gasteiger partial charge in [-0.25, -0.2) is 0 Å². The molecular formula is C13H20. The predicted molar refractivity (Wildman–Crippen MR) is 59.6 cm³/mol. The first-order valence-electron chi connectivity index (χ1n) is 5.06. The third kappa shape index (κ3) is 2.33. The van der Waals surface area contributed by atoms with Crippen LogP contribution in [0.5, 0.6) is 0 Å². The molecule has 0 aliphatic heterocycles. The van der Waals surface area contributed by atoms with E-state index >= 15 is 0 Å². The summed E-state index contributed by atoms with van der Waals surface area (Å²) >= 11 is 0. The first kappa shape index (κ1) is 10.3. The SMILES string of the molecule is C=CC(=C)C1CCC(C)(C=C)CC1. The van der Waals surface area contributed by atoms with Gasteiger partial charge in [0.15, 0.2) is 0 Å². The molecule has 1 saturated carbocycles. The van der Waals surface area contributed by atoms with Crippen molar-refractivity contribution in [3.63, 3.8) is 0 Å². The lowest BCUT2D eigenvalue weighted by Gasteiger charge is -2.35. The van der Waals surface area contributed by atoms with E-state index in [1.54, 1.807) is 0 Å². The van der Waals surface area contributed by atoms with E-state index < -0.39 is 0 Å². The summed E-state index contributed by atoms with van der Waals surface area (Å²) in [7, 11) is 0. The fraction of sp³-hybridized carbons (Fsp3) is 0.538. The second-order valence-electron chi connectivity index (χ2n) is 4.41. The summed E-state index contributed by atoms with van der Waals surface area (Å²) in [6.07, 6.45) is 8.99.